The number of carbonyl (C=O) groups excluding carboxylic acids is 1. The average molecular weight is 162 g/mol. The van der Waals surface area contributed by atoms with E-state index in [0.717, 1.165) is 5.75 Å². The Labute approximate surface area is 66.3 Å². The maximum atomic E-state index is 10.8. The third-order valence-corrected chi connectivity index (χ3v) is 1.87. The van der Waals surface area contributed by atoms with E-state index in [1.165, 1.54) is 0 Å². The van der Waals surface area contributed by atoms with Gasteiger partial charge in [-0.3, -0.25) is 4.79 Å². The van der Waals surface area contributed by atoms with Crippen LogP contribution in [0.4, 0.5) is 0 Å². The highest BCUT2D eigenvalue weighted by molar-refractivity contribution is 7.99. The number of hydrogen-bond acceptors (Lipinski definition) is 3. The maximum absolute atomic E-state index is 10.8. The summed E-state index contributed by atoms with van der Waals surface area (Å²) in [5, 5.41) is 0. The Morgan fingerprint density at radius 2 is 2.20 bits per heavy atom. The van der Waals surface area contributed by atoms with Gasteiger partial charge in [0.2, 0.25) is 0 Å². The van der Waals surface area contributed by atoms with Crippen molar-refractivity contribution in [1.29, 1.82) is 0 Å². The normalized spacial score (nSPS) is 9.80. The van der Waals surface area contributed by atoms with E-state index in [2.05, 4.69) is 0 Å². The minimum atomic E-state index is 0.189. The van der Waals surface area contributed by atoms with Crippen LogP contribution in [-0.4, -0.2) is 30.5 Å². The van der Waals surface area contributed by atoms with Crippen LogP contribution < -0.4 is 0 Å². The van der Waals surface area contributed by atoms with Gasteiger partial charge in [0, 0.05) is 6.61 Å². The van der Waals surface area contributed by atoms with E-state index in [9.17, 15) is 4.79 Å². The highest BCUT2D eigenvalue weighted by Gasteiger charge is 1.98. The van der Waals surface area contributed by atoms with Gasteiger partial charge in [0.15, 0.2) is 5.78 Å². The number of ketones is 1. The van der Waals surface area contributed by atoms with E-state index >= 15 is 0 Å². The fourth-order valence-corrected chi connectivity index (χ4v) is 0.989. The molecule has 2 nitrogen and oxygen atoms in total. The van der Waals surface area contributed by atoms with E-state index in [1.54, 1.807) is 11.8 Å². The van der Waals surface area contributed by atoms with Gasteiger partial charge >= 0.3 is 0 Å². The molecule has 0 fully saturated rings. The molecule has 0 spiro atoms. The Morgan fingerprint density at radius 1 is 1.50 bits per heavy atom. The molecule has 0 radical (unpaired) electrons. The molecule has 0 aliphatic carbocycles. The Balaban J connectivity index is 3.09. The number of rotatable bonds is 6. The van der Waals surface area contributed by atoms with Crippen LogP contribution in [0.1, 0.15) is 13.8 Å². The van der Waals surface area contributed by atoms with Crippen molar-refractivity contribution >= 4 is 17.5 Å². The predicted octanol–water partition coefficient (Wildman–Crippen LogP) is 1.35. The third-order valence-electron chi connectivity index (χ3n) is 0.934. The minimum absolute atomic E-state index is 0.189. The Hall–Kier alpha value is -0.0200. The lowest BCUT2D eigenvalue weighted by atomic mass is 10.5. The molecular weight excluding hydrogens is 148 g/mol. The lowest BCUT2D eigenvalue weighted by Crippen LogP contribution is -2.10. The van der Waals surface area contributed by atoms with Crippen LogP contribution >= 0.6 is 11.8 Å². The topological polar surface area (TPSA) is 26.3 Å². The summed E-state index contributed by atoms with van der Waals surface area (Å²) in [7, 11) is 0. The molecule has 0 rings (SSSR count). The third kappa shape index (κ3) is 6.11. The molecule has 0 N–H and O–H groups in total. The molecule has 0 aliphatic rings. The van der Waals surface area contributed by atoms with Crippen molar-refractivity contribution in [3.05, 3.63) is 0 Å². The van der Waals surface area contributed by atoms with Crippen LogP contribution in [-0.2, 0) is 9.53 Å². The lowest BCUT2D eigenvalue weighted by molar-refractivity contribution is -0.120. The number of ether oxygens (including phenoxy) is 1. The van der Waals surface area contributed by atoms with E-state index < -0.39 is 0 Å². The van der Waals surface area contributed by atoms with E-state index in [0.29, 0.717) is 12.4 Å². The van der Waals surface area contributed by atoms with Gasteiger partial charge < -0.3 is 4.74 Å². The van der Waals surface area contributed by atoms with Crippen molar-refractivity contribution in [3.63, 3.8) is 0 Å². The molecule has 0 saturated heterocycles. The summed E-state index contributed by atoms with van der Waals surface area (Å²) >= 11 is 1.64. The van der Waals surface area contributed by atoms with Crippen LogP contribution in [0.5, 0.6) is 0 Å². The van der Waals surface area contributed by atoms with Crippen LogP contribution in [0.15, 0.2) is 0 Å². The molecule has 0 aliphatic heterocycles. The molecule has 0 saturated carbocycles. The summed E-state index contributed by atoms with van der Waals surface area (Å²) in [4.78, 5) is 10.8. The largest absolute Gasteiger partial charge is 0.374 e. The molecule has 0 bridgehead atoms. The zero-order chi connectivity index (χ0) is 7.82. The second kappa shape index (κ2) is 7.09. The summed E-state index contributed by atoms with van der Waals surface area (Å²) in [6, 6.07) is 0. The molecule has 0 aromatic heterocycles. The number of hydrogen-bond donors (Lipinski definition) is 0. The van der Waals surface area contributed by atoms with Crippen molar-refractivity contribution in [3.8, 4) is 0 Å². The van der Waals surface area contributed by atoms with Gasteiger partial charge in [-0.2, -0.15) is 11.8 Å². The van der Waals surface area contributed by atoms with Crippen LogP contribution in [0.25, 0.3) is 0 Å². The van der Waals surface area contributed by atoms with Gasteiger partial charge in [0.25, 0.3) is 0 Å². The average Bonchev–Trinajstić information content (AvgIpc) is 1.97. The van der Waals surface area contributed by atoms with Gasteiger partial charge in [-0.05, 0) is 12.7 Å². The van der Waals surface area contributed by atoms with E-state index in [-0.39, 0.29) is 12.4 Å². The van der Waals surface area contributed by atoms with E-state index in [1.807, 2.05) is 13.8 Å². The van der Waals surface area contributed by atoms with Crippen molar-refractivity contribution in [1.82, 2.24) is 0 Å². The first-order valence-corrected chi connectivity index (χ1v) is 4.63. The smallest absolute Gasteiger partial charge is 0.168 e. The fraction of sp³-hybridized carbons (Fsp3) is 0.857. The summed E-state index contributed by atoms with van der Waals surface area (Å²) < 4.78 is 4.93. The number of Topliss-reactive ketones (excluding diaryl/α,β-unsaturated/α-hetero) is 1. The van der Waals surface area contributed by atoms with Gasteiger partial charge in [0.05, 0.1) is 5.75 Å². The lowest BCUT2D eigenvalue weighted by Gasteiger charge is -1.98. The summed E-state index contributed by atoms with van der Waals surface area (Å²) in [6.07, 6.45) is 0. The van der Waals surface area contributed by atoms with Gasteiger partial charge in [-0.25, -0.2) is 0 Å². The molecule has 0 amide bonds. The highest BCUT2D eigenvalue weighted by Crippen LogP contribution is 1.97. The predicted molar refractivity (Wildman–Crippen MR) is 44.5 cm³/mol. The maximum Gasteiger partial charge on any atom is 0.168 e. The van der Waals surface area contributed by atoms with E-state index in [4.69, 9.17) is 4.74 Å². The molecule has 10 heavy (non-hydrogen) atoms. The van der Waals surface area contributed by atoms with Gasteiger partial charge in [-0.1, -0.05) is 6.92 Å². The van der Waals surface area contributed by atoms with Crippen molar-refractivity contribution in [2.24, 2.45) is 0 Å². The highest BCUT2D eigenvalue weighted by atomic mass is 32.2. The minimum Gasteiger partial charge on any atom is -0.374 e. The zero-order valence-electron chi connectivity index (χ0n) is 6.55. The second-order valence-electron chi connectivity index (χ2n) is 1.81. The molecule has 0 heterocycles. The standard InChI is InChI=1S/C7H14O2S/c1-3-9-5-7(8)6-10-4-2/h3-6H2,1-2H3. The van der Waals surface area contributed by atoms with Crippen molar-refractivity contribution in [2.45, 2.75) is 13.8 Å². The summed E-state index contributed by atoms with van der Waals surface area (Å²) in [5.74, 6) is 1.78. The molecule has 60 valence electrons. The molecule has 0 aromatic carbocycles. The first-order chi connectivity index (χ1) is 4.81. The molecule has 0 aromatic rings. The second-order valence-corrected chi connectivity index (χ2v) is 3.09. The molecular formula is C7H14O2S. The monoisotopic (exact) mass is 162 g/mol. The van der Waals surface area contributed by atoms with Gasteiger partial charge in [-0.15, -0.1) is 0 Å². The summed E-state index contributed by atoms with van der Waals surface area (Å²) in [5.41, 5.74) is 0. The molecule has 0 unspecified atom stereocenters. The zero-order valence-corrected chi connectivity index (χ0v) is 7.37. The Bertz CT molecular complexity index is 83.6. The first kappa shape index (κ1) is 9.98. The first-order valence-electron chi connectivity index (χ1n) is 3.48. The van der Waals surface area contributed by atoms with Crippen LogP contribution in [0.3, 0.4) is 0 Å². The van der Waals surface area contributed by atoms with Crippen molar-refractivity contribution in [2.75, 3.05) is 24.7 Å². The number of thioether (sulfide) groups is 1. The van der Waals surface area contributed by atoms with Gasteiger partial charge in [0.1, 0.15) is 6.61 Å². The van der Waals surface area contributed by atoms with Crippen molar-refractivity contribution < 1.29 is 9.53 Å². The van der Waals surface area contributed by atoms with Crippen LogP contribution in [0.2, 0.25) is 0 Å². The number of carbonyl (C=O) groups is 1. The fourth-order valence-electron chi connectivity index (χ4n) is 0.473. The molecule has 0 atom stereocenters. The molecule has 3 heteroatoms. The SMILES string of the molecule is CCOCC(=O)CSCC. The van der Waals surface area contributed by atoms with Crippen LogP contribution in [0, 0.1) is 0 Å². The Kier molecular flexibility index (Phi) is 7.08. The quantitative estimate of drug-likeness (QED) is 0.589. The Morgan fingerprint density at radius 3 is 2.70 bits per heavy atom. The summed E-state index contributed by atoms with van der Waals surface area (Å²) in [6.45, 7) is 4.84.